The number of quaternary nitrogens is 1. The van der Waals surface area contributed by atoms with Crippen molar-refractivity contribution in [2.45, 2.75) is 18.9 Å². The molecule has 28 heavy (non-hydrogen) atoms. The smallest absolute Gasteiger partial charge is 0.341 e. The number of rotatable bonds is 4. The molecule has 0 spiro atoms. The SMILES string of the molecule is C=CC(=O)[NH+]([O-])c1ccc(-c2ccc(C(=O)N3CCN4CCC3CC4)o2)cc1. The minimum absolute atomic E-state index is 0.0663. The molecular formula is C21H23N3O4. The predicted octanol–water partition coefficient (Wildman–Crippen LogP) is 1.59. The van der Waals surface area contributed by atoms with E-state index in [0.29, 0.717) is 17.2 Å². The van der Waals surface area contributed by atoms with Crippen LogP contribution in [0.3, 0.4) is 0 Å². The molecule has 7 heteroatoms. The summed E-state index contributed by atoms with van der Waals surface area (Å²) >= 11 is 0. The van der Waals surface area contributed by atoms with E-state index < -0.39 is 11.0 Å². The van der Waals surface area contributed by atoms with Crippen LogP contribution in [0.15, 0.2) is 53.5 Å². The Morgan fingerprint density at radius 3 is 2.46 bits per heavy atom. The fourth-order valence-electron chi connectivity index (χ4n) is 3.92. The van der Waals surface area contributed by atoms with Crippen LogP contribution in [0.25, 0.3) is 11.3 Å². The van der Waals surface area contributed by atoms with Crippen molar-refractivity contribution in [3.05, 3.63) is 60.0 Å². The average molecular weight is 381 g/mol. The van der Waals surface area contributed by atoms with Gasteiger partial charge in [0.05, 0.1) is 0 Å². The number of fused-ring (bicyclic) bond motifs is 4. The highest BCUT2D eigenvalue weighted by Crippen LogP contribution is 2.26. The lowest BCUT2D eigenvalue weighted by molar-refractivity contribution is -0.685. The Kier molecular flexibility index (Phi) is 5.13. The van der Waals surface area contributed by atoms with Crippen molar-refractivity contribution < 1.29 is 19.1 Å². The van der Waals surface area contributed by atoms with Gasteiger partial charge in [0, 0.05) is 56.0 Å². The third kappa shape index (κ3) is 3.52. The summed E-state index contributed by atoms with van der Waals surface area (Å²) in [6, 6.07) is 10.3. The van der Waals surface area contributed by atoms with Crippen LogP contribution in [0.5, 0.6) is 0 Å². The van der Waals surface area contributed by atoms with Gasteiger partial charge in [-0.25, -0.2) is 4.79 Å². The number of hydrogen-bond donors (Lipinski definition) is 1. The molecule has 1 aromatic heterocycles. The minimum atomic E-state index is -0.637. The molecule has 2 amide bonds. The summed E-state index contributed by atoms with van der Waals surface area (Å²) in [6.07, 6.45) is 3.03. The maximum atomic E-state index is 13.0. The fraction of sp³-hybridized carbons (Fsp3) is 0.333. The third-order valence-electron chi connectivity index (χ3n) is 5.57. The molecule has 0 aliphatic carbocycles. The summed E-state index contributed by atoms with van der Waals surface area (Å²) < 4.78 is 5.83. The Morgan fingerprint density at radius 1 is 1.07 bits per heavy atom. The molecule has 2 aromatic rings. The number of nitrogens with zero attached hydrogens (tertiary/aromatic N) is 2. The Balaban J connectivity index is 1.50. The van der Waals surface area contributed by atoms with E-state index in [1.165, 1.54) is 0 Å². The summed E-state index contributed by atoms with van der Waals surface area (Å²) in [5.41, 5.74) is 1.04. The third-order valence-corrected chi connectivity index (χ3v) is 5.57. The molecule has 146 valence electrons. The largest absolute Gasteiger partial charge is 0.621 e. The van der Waals surface area contributed by atoms with Crippen molar-refractivity contribution in [1.29, 1.82) is 0 Å². The van der Waals surface area contributed by atoms with Crippen LogP contribution in [0.2, 0.25) is 0 Å². The molecule has 1 aromatic carbocycles. The van der Waals surface area contributed by atoms with E-state index in [2.05, 4.69) is 11.5 Å². The highest BCUT2D eigenvalue weighted by atomic mass is 16.5. The summed E-state index contributed by atoms with van der Waals surface area (Å²) in [5.74, 6) is 0.183. The number of carbonyl (C=O) groups is 2. The summed E-state index contributed by atoms with van der Waals surface area (Å²) in [7, 11) is 0. The maximum Gasteiger partial charge on any atom is 0.341 e. The van der Waals surface area contributed by atoms with Gasteiger partial charge in [0.25, 0.3) is 5.91 Å². The molecule has 3 saturated heterocycles. The Labute approximate surface area is 163 Å². The van der Waals surface area contributed by atoms with Crippen molar-refractivity contribution >= 4 is 17.5 Å². The van der Waals surface area contributed by atoms with Crippen molar-refractivity contribution in [2.24, 2.45) is 0 Å². The van der Waals surface area contributed by atoms with Gasteiger partial charge in [0.2, 0.25) is 0 Å². The van der Waals surface area contributed by atoms with E-state index in [1.807, 2.05) is 4.90 Å². The van der Waals surface area contributed by atoms with Gasteiger partial charge >= 0.3 is 5.91 Å². The molecule has 1 N–H and O–H groups in total. The molecular weight excluding hydrogens is 358 g/mol. The van der Waals surface area contributed by atoms with E-state index in [1.54, 1.807) is 36.4 Å². The molecule has 3 fully saturated rings. The second-order valence-corrected chi connectivity index (χ2v) is 7.21. The van der Waals surface area contributed by atoms with Crippen LogP contribution in [0.1, 0.15) is 23.4 Å². The number of carbonyl (C=O) groups excluding carboxylic acids is 2. The predicted molar refractivity (Wildman–Crippen MR) is 104 cm³/mol. The monoisotopic (exact) mass is 381 g/mol. The molecule has 0 radical (unpaired) electrons. The first-order chi connectivity index (χ1) is 13.6. The molecule has 4 heterocycles. The molecule has 2 bridgehead atoms. The maximum absolute atomic E-state index is 13.0. The molecule has 1 unspecified atom stereocenters. The van der Waals surface area contributed by atoms with Crippen LogP contribution < -0.4 is 5.06 Å². The van der Waals surface area contributed by atoms with Gasteiger partial charge < -0.3 is 19.4 Å². The second-order valence-electron chi connectivity index (χ2n) is 7.21. The lowest BCUT2D eigenvalue weighted by Crippen LogP contribution is -3.04. The Bertz CT molecular complexity index is 881. The van der Waals surface area contributed by atoms with Crippen LogP contribution in [-0.2, 0) is 4.79 Å². The van der Waals surface area contributed by atoms with E-state index >= 15 is 0 Å². The first-order valence-electron chi connectivity index (χ1n) is 9.51. The average Bonchev–Trinajstić information content (AvgIpc) is 3.05. The van der Waals surface area contributed by atoms with E-state index in [9.17, 15) is 14.8 Å². The molecule has 3 aliphatic heterocycles. The van der Waals surface area contributed by atoms with Crippen molar-refractivity contribution in [3.8, 4) is 11.3 Å². The number of amides is 2. The van der Waals surface area contributed by atoms with E-state index in [0.717, 1.165) is 50.7 Å². The summed E-state index contributed by atoms with van der Waals surface area (Å²) in [5, 5.41) is 11.3. The van der Waals surface area contributed by atoms with Gasteiger partial charge in [-0.2, -0.15) is 0 Å². The van der Waals surface area contributed by atoms with Crippen LogP contribution >= 0.6 is 0 Å². The van der Waals surface area contributed by atoms with Crippen LogP contribution in [0, 0.1) is 5.21 Å². The lowest BCUT2D eigenvalue weighted by atomic mass is 10.1. The zero-order valence-corrected chi connectivity index (χ0v) is 15.6. The number of nitrogens with one attached hydrogen (secondary N) is 1. The van der Waals surface area contributed by atoms with Gasteiger partial charge in [-0.05, 0) is 37.1 Å². The fourth-order valence-corrected chi connectivity index (χ4v) is 3.92. The van der Waals surface area contributed by atoms with Crippen LogP contribution in [-0.4, -0.2) is 53.8 Å². The van der Waals surface area contributed by atoms with E-state index in [-0.39, 0.29) is 11.9 Å². The number of hydrogen-bond acceptors (Lipinski definition) is 5. The van der Waals surface area contributed by atoms with Crippen molar-refractivity contribution in [2.75, 3.05) is 26.2 Å². The summed E-state index contributed by atoms with van der Waals surface area (Å²) in [6.45, 7) is 7.07. The Hall–Kier alpha value is -2.74. The topological polar surface area (TPSA) is 81.3 Å². The standard InChI is InChI=1S/C21H23N3O4/c1-2-20(25)24(27)17-5-3-15(4-6-17)18-7-8-19(28-18)21(26)23-14-13-22-11-9-16(23)10-12-22/h2-8,16,24H,1,9-14H2. The van der Waals surface area contributed by atoms with Gasteiger partial charge in [0.1, 0.15) is 11.4 Å². The van der Waals surface area contributed by atoms with Crippen molar-refractivity contribution in [1.82, 2.24) is 9.80 Å². The second kappa shape index (κ2) is 7.71. The minimum Gasteiger partial charge on any atom is -0.621 e. The normalized spacial score (nSPS) is 22.5. The molecule has 1 atom stereocenters. The number of hydroxylamine groups is 1. The van der Waals surface area contributed by atoms with Crippen LogP contribution in [0.4, 0.5) is 5.69 Å². The first-order valence-corrected chi connectivity index (χ1v) is 9.51. The zero-order valence-electron chi connectivity index (χ0n) is 15.6. The highest BCUT2D eigenvalue weighted by Gasteiger charge is 2.33. The highest BCUT2D eigenvalue weighted by molar-refractivity contribution is 5.92. The number of benzene rings is 1. The van der Waals surface area contributed by atoms with E-state index in [4.69, 9.17) is 4.42 Å². The molecule has 7 nitrogen and oxygen atoms in total. The van der Waals surface area contributed by atoms with Gasteiger partial charge in [-0.15, -0.1) is 0 Å². The zero-order chi connectivity index (χ0) is 19.7. The quantitative estimate of drug-likeness (QED) is 0.643. The number of piperidine rings is 1. The molecule has 0 saturated carbocycles. The molecule has 5 rings (SSSR count). The van der Waals surface area contributed by atoms with Crippen molar-refractivity contribution in [3.63, 3.8) is 0 Å². The summed E-state index contributed by atoms with van der Waals surface area (Å²) in [4.78, 5) is 28.7. The number of furan rings is 1. The van der Waals surface area contributed by atoms with Gasteiger partial charge in [-0.1, -0.05) is 6.58 Å². The lowest BCUT2D eigenvalue weighted by Gasteiger charge is -2.30. The first kappa shape index (κ1) is 18.6. The van der Waals surface area contributed by atoms with Gasteiger partial charge in [0.15, 0.2) is 5.76 Å². The molecule has 3 aliphatic rings. The Morgan fingerprint density at radius 2 is 1.79 bits per heavy atom. The van der Waals surface area contributed by atoms with Gasteiger partial charge in [-0.3, -0.25) is 9.86 Å².